The Hall–Kier alpha value is -2.16. The molecule has 0 saturated heterocycles. The summed E-state index contributed by atoms with van der Waals surface area (Å²) >= 11 is 0. The van der Waals surface area contributed by atoms with E-state index in [1.807, 2.05) is 30.3 Å². The van der Waals surface area contributed by atoms with E-state index in [0.29, 0.717) is 11.5 Å². The molecular formula is C14H14O3. The van der Waals surface area contributed by atoms with Crippen molar-refractivity contribution in [2.75, 3.05) is 14.2 Å². The monoisotopic (exact) mass is 230 g/mol. The zero-order chi connectivity index (χ0) is 12.3. The summed E-state index contributed by atoms with van der Waals surface area (Å²) in [6.45, 7) is 0. The van der Waals surface area contributed by atoms with Crippen LogP contribution in [0, 0.1) is 0 Å². The van der Waals surface area contributed by atoms with Crippen molar-refractivity contribution < 1.29 is 14.6 Å². The first-order chi connectivity index (χ1) is 8.26. The molecule has 0 fully saturated rings. The van der Waals surface area contributed by atoms with Crippen LogP contribution < -0.4 is 9.47 Å². The number of aromatic hydroxyl groups is 1. The van der Waals surface area contributed by atoms with E-state index >= 15 is 0 Å². The van der Waals surface area contributed by atoms with Crippen molar-refractivity contribution in [3.63, 3.8) is 0 Å². The Balaban J connectivity index is 2.56. The van der Waals surface area contributed by atoms with Crippen LogP contribution in [0.15, 0.2) is 42.5 Å². The normalized spacial score (nSPS) is 10.0. The van der Waals surface area contributed by atoms with E-state index in [1.165, 1.54) is 14.2 Å². The number of methoxy groups -OCH3 is 2. The fourth-order valence-electron chi connectivity index (χ4n) is 1.69. The van der Waals surface area contributed by atoms with Crippen molar-refractivity contribution in [1.29, 1.82) is 0 Å². The molecule has 88 valence electrons. The molecule has 2 rings (SSSR count). The van der Waals surface area contributed by atoms with Crippen LogP contribution in [0.2, 0.25) is 0 Å². The quantitative estimate of drug-likeness (QED) is 0.880. The molecule has 0 heterocycles. The first kappa shape index (κ1) is 11.3. The summed E-state index contributed by atoms with van der Waals surface area (Å²) in [5.41, 5.74) is 1.99. The van der Waals surface area contributed by atoms with Crippen molar-refractivity contribution >= 4 is 0 Å². The Bertz CT molecular complexity index is 481. The van der Waals surface area contributed by atoms with Crippen LogP contribution in [0.3, 0.4) is 0 Å². The number of ether oxygens (including phenoxy) is 2. The molecule has 0 aliphatic heterocycles. The second-order valence-electron chi connectivity index (χ2n) is 3.60. The van der Waals surface area contributed by atoms with E-state index in [-0.39, 0.29) is 5.75 Å². The Labute approximate surface area is 100 Å². The van der Waals surface area contributed by atoms with Crippen molar-refractivity contribution in [1.82, 2.24) is 0 Å². The molecule has 0 radical (unpaired) electrons. The molecule has 2 aromatic rings. The predicted molar refractivity (Wildman–Crippen MR) is 66.6 cm³/mol. The second-order valence-corrected chi connectivity index (χ2v) is 3.60. The van der Waals surface area contributed by atoms with Crippen molar-refractivity contribution in [2.24, 2.45) is 0 Å². The third-order valence-electron chi connectivity index (χ3n) is 2.59. The highest BCUT2D eigenvalue weighted by atomic mass is 16.5. The predicted octanol–water partition coefficient (Wildman–Crippen LogP) is 3.08. The van der Waals surface area contributed by atoms with Crippen LogP contribution >= 0.6 is 0 Å². The number of hydrogen-bond donors (Lipinski definition) is 1. The van der Waals surface area contributed by atoms with Crippen molar-refractivity contribution in [2.45, 2.75) is 0 Å². The van der Waals surface area contributed by atoms with E-state index in [4.69, 9.17) is 9.47 Å². The third kappa shape index (κ3) is 2.18. The van der Waals surface area contributed by atoms with Gasteiger partial charge in [-0.15, -0.1) is 0 Å². The largest absolute Gasteiger partial charge is 0.502 e. The maximum atomic E-state index is 9.81. The summed E-state index contributed by atoms with van der Waals surface area (Å²) in [6.07, 6.45) is 0. The van der Waals surface area contributed by atoms with Crippen molar-refractivity contribution in [3.8, 4) is 28.4 Å². The van der Waals surface area contributed by atoms with Gasteiger partial charge in [-0.25, -0.2) is 0 Å². The third-order valence-corrected chi connectivity index (χ3v) is 2.59. The number of benzene rings is 2. The van der Waals surface area contributed by atoms with Crippen LogP contribution in [-0.2, 0) is 0 Å². The van der Waals surface area contributed by atoms with Gasteiger partial charge in [0, 0.05) is 0 Å². The number of hydrogen-bond acceptors (Lipinski definition) is 3. The zero-order valence-electron chi connectivity index (χ0n) is 9.81. The summed E-state index contributed by atoms with van der Waals surface area (Å²) in [7, 11) is 3.03. The van der Waals surface area contributed by atoms with Gasteiger partial charge in [0.1, 0.15) is 0 Å². The molecule has 0 unspecified atom stereocenters. The fourth-order valence-corrected chi connectivity index (χ4v) is 1.69. The highest BCUT2D eigenvalue weighted by molar-refractivity contribution is 5.70. The number of rotatable bonds is 3. The molecule has 3 nitrogen and oxygen atoms in total. The Kier molecular flexibility index (Phi) is 3.19. The van der Waals surface area contributed by atoms with Crippen LogP contribution in [0.25, 0.3) is 11.1 Å². The number of phenolic OH excluding ortho intramolecular Hbond substituents is 1. The molecule has 17 heavy (non-hydrogen) atoms. The molecule has 0 amide bonds. The standard InChI is InChI=1S/C14H14O3/c1-16-12-8-11(9-13(17-2)14(12)15)10-6-4-3-5-7-10/h3-9,15H,1-2H3. The zero-order valence-corrected chi connectivity index (χ0v) is 9.81. The summed E-state index contributed by atoms with van der Waals surface area (Å²) in [4.78, 5) is 0. The van der Waals surface area contributed by atoms with E-state index in [9.17, 15) is 5.11 Å². The SMILES string of the molecule is COc1cc(-c2ccccc2)cc(OC)c1O. The van der Waals surface area contributed by atoms with E-state index in [1.54, 1.807) is 12.1 Å². The first-order valence-electron chi connectivity index (χ1n) is 5.26. The minimum Gasteiger partial charge on any atom is -0.502 e. The van der Waals surface area contributed by atoms with Gasteiger partial charge >= 0.3 is 0 Å². The van der Waals surface area contributed by atoms with Crippen LogP contribution in [0.5, 0.6) is 17.2 Å². The lowest BCUT2D eigenvalue weighted by Gasteiger charge is -2.11. The average molecular weight is 230 g/mol. The molecule has 1 N–H and O–H groups in total. The first-order valence-corrected chi connectivity index (χ1v) is 5.26. The van der Waals surface area contributed by atoms with Gasteiger partial charge in [-0.2, -0.15) is 0 Å². The average Bonchev–Trinajstić information content (AvgIpc) is 2.40. The maximum Gasteiger partial charge on any atom is 0.200 e. The lowest BCUT2D eigenvalue weighted by atomic mass is 10.0. The van der Waals surface area contributed by atoms with Gasteiger partial charge in [-0.3, -0.25) is 0 Å². The lowest BCUT2D eigenvalue weighted by molar-refractivity contribution is 0.340. The maximum absolute atomic E-state index is 9.81. The van der Waals surface area contributed by atoms with Crippen molar-refractivity contribution in [3.05, 3.63) is 42.5 Å². The molecule has 0 bridgehead atoms. The molecule has 0 aliphatic carbocycles. The molecule has 0 atom stereocenters. The summed E-state index contributed by atoms with van der Waals surface area (Å²) in [6, 6.07) is 13.4. The van der Waals surface area contributed by atoms with E-state index < -0.39 is 0 Å². The van der Waals surface area contributed by atoms with Gasteiger partial charge in [0.15, 0.2) is 11.5 Å². The minimum atomic E-state index is 0.0229. The van der Waals surface area contributed by atoms with E-state index in [0.717, 1.165) is 11.1 Å². The van der Waals surface area contributed by atoms with Gasteiger partial charge in [0.2, 0.25) is 5.75 Å². The smallest absolute Gasteiger partial charge is 0.200 e. The summed E-state index contributed by atoms with van der Waals surface area (Å²) < 4.78 is 10.2. The Morgan fingerprint density at radius 2 is 1.35 bits per heavy atom. The van der Waals surface area contributed by atoms with E-state index in [2.05, 4.69) is 0 Å². The van der Waals surface area contributed by atoms with Gasteiger partial charge in [-0.1, -0.05) is 30.3 Å². The van der Waals surface area contributed by atoms with Gasteiger partial charge in [0.25, 0.3) is 0 Å². The minimum absolute atomic E-state index is 0.0229. The van der Waals surface area contributed by atoms with Gasteiger partial charge < -0.3 is 14.6 Å². The van der Waals surface area contributed by atoms with Crippen LogP contribution in [-0.4, -0.2) is 19.3 Å². The molecule has 0 saturated carbocycles. The Morgan fingerprint density at radius 3 is 1.82 bits per heavy atom. The summed E-state index contributed by atoms with van der Waals surface area (Å²) in [5.74, 6) is 0.834. The summed E-state index contributed by atoms with van der Waals surface area (Å²) in [5, 5.41) is 9.81. The molecule has 0 aromatic heterocycles. The lowest BCUT2D eigenvalue weighted by Crippen LogP contribution is -1.90. The van der Waals surface area contributed by atoms with Gasteiger partial charge in [-0.05, 0) is 23.3 Å². The highest BCUT2D eigenvalue weighted by Gasteiger charge is 2.11. The fraction of sp³-hybridized carbons (Fsp3) is 0.143. The second kappa shape index (κ2) is 4.78. The Morgan fingerprint density at radius 1 is 0.824 bits per heavy atom. The highest BCUT2D eigenvalue weighted by Crippen LogP contribution is 2.40. The molecule has 3 heteroatoms. The van der Waals surface area contributed by atoms with Crippen LogP contribution in [0.1, 0.15) is 0 Å². The molecule has 0 aliphatic rings. The topological polar surface area (TPSA) is 38.7 Å². The molecule has 0 spiro atoms. The molecular weight excluding hydrogens is 216 g/mol. The van der Waals surface area contributed by atoms with Gasteiger partial charge in [0.05, 0.1) is 14.2 Å². The van der Waals surface area contributed by atoms with Crippen LogP contribution in [0.4, 0.5) is 0 Å². The number of phenols is 1. The molecule has 2 aromatic carbocycles.